The van der Waals surface area contributed by atoms with Crippen molar-refractivity contribution < 1.29 is 9.59 Å². The van der Waals surface area contributed by atoms with Crippen LogP contribution in [0.15, 0.2) is 0 Å². The summed E-state index contributed by atoms with van der Waals surface area (Å²) in [7, 11) is 4.03. The number of amides is 2. The summed E-state index contributed by atoms with van der Waals surface area (Å²) in [5, 5.41) is 0. The van der Waals surface area contributed by atoms with Crippen molar-refractivity contribution >= 4 is 11.8 Å². The van der Waals surface area contributed by atoms with Crippen molar-refractivity contribution in [2.75, 3.05) is 27.2 Å². The molecule has 120 valence electrons. The molecule has 1 heterocycles. The molecule has 4 nitrogen and oxygen atoms in total. The van der Waals surface area contributed by atoms with E-state index in [0.29, 0.717) is 24.8 Å². The Morgan fingerprint density at radius 1 is 1.00 bits per heavy atom. The Kier molecular flexibility index (Phi) is 4.76. The Labute approximate surface area is 128 Å². The summed E-state index contributed by atoms with van der Waals surface area (Å²) >= 11 is 0. The second-order valence-electron chi connectivity index (χ2n) is 8.11. The summed E-state index contributed by atoms with van der Waals surface area (Å²) in [5.41, 5.74) is 0.349. The highest BCUT2D eigenvalue weighted by Gasteiger charge is 2.46. The lowest BCUT2D eigenvalue weighted by Gasteiger charge is -2.46. The molecule has 0 aromatic rings. The van der Waals surface area contributed by atoms with Crippen LogP contribution in [-0.2, 0) is 9.59 Å². The van der Waals surface area contributed by atoms with Crippen LogP contribution >= 0.6 is 0 Å². The molecule has 1 spiro atoms. The summed E-state index contributed by atoms with van der Waals surface area (Å²) in [6.45, 7) is 6.08. The molecule has 0 aromatic heterocycles. The van der Waals surface area contributed by atoms with Gasteiger partial charge in [-0.25, -0.2) is 0 Å². The third-order valence-corrected chi connectivity index (χ3v) is 5.31. The summed E-state index contributed by atoms with van der Waals surface area (Å²) < 4.78 is 0. The highest BCUT2D eigenvalue weighted by atomic mass is 16.2. The predicted molar refractivity (Wildman–Crippen MR) is 83.8 cm³/mol. The van der Waals surface area contributed by atoms with Gasteiger partial charge in [-0.05, 0) is 63.6 Å². The van der Waals surface area contributed by atoms with Gasteiger partial charge in [0, 0.05) is 19.4 Å². The lowest BCUT2D eigenvalue weighted by atomic mass is 9.61. The summed E-state index contributed by atoms with van der Waals surface area (Å²) in [4.78, 5) is 28.4. The number of carbonyl (C=O) groups is 2. The highest BCUT2D eigenvalue weighted by Crippen LogP contribution is 2.50. The van der Waals surface area contributed by atoms with Gasteiger partial charge in [0.25, 0.3) is 0 Å². The van der Waals surface area contributed by atoms with Crippen LogP contribution in [0.4, 0.5) is 0 Å². The van der Waals surface area contributed by atoms with Gasteiger partial charge in [-0.15, -0.1) is 0 Å². The molecule has 2 aliphatic rings. The van der Waals surface area contributed by atoms with Gasteiger partial charge in [-0.3, -0.25) is 14.5 Å². The predicted octanol–water partition coefficient (Wildman–Crippen LogP) is 2.67. The number of nitrogens with zero attached hydrogens (tertiary/aromatic N) is 2. The molecule has 1 saturated carbocycles. The maximum atomic E-state index is 12.4. The molecule has 0 N–H and O–H groups in total. The molecule has 0 radical (unpaired) electrons. The molecule has 2 amide bonds. The molecule has 1 aliphatic heterocycles. The topological polar surface area (TPSA) is 40.6 Å². The summed E-state index contributed by atoms with van der Waals surface area (Å²) in [6.07, 6.45) is 6.35. The van der Waals surface area contributed by atoms with E-state index in [4.69, 9.17) is 0 Å². The third-order valence-electron chi connectivity index (χ3n) is 5.31. The number of hydrogen-bond acceptors (Lipinski definition) is 3. The van der Waals surface area contributed by atoms with Crippen LogP contribution in [-0.4, -0.2) is 48.8 Å². The molecule has 2 rings (SSSR count). The number of carbonyl (C=O) groups excluding carboxylic acids is 2. The van der Waals surface area contributed by atoms with E-state index in [1.165, 1.54) is 4.90 Å². The van der Waals surface area contributed by atoms with Crippen molar-refractivity contribution in [1.82, 2.24) is 9.80 Å². The van der Waals surface area contributed by atoms with E-state index in [1.54, 1.807) is 0 Å². The normalized spacial score (nSPS) is 24.9. The van der Waals surface area contributed by atoms with Crippen LogP contribution in [0.5, 0.6) is 0 Å². The number of piperidine rings is 1. The Bertz CT molecular complexity index is 385. The van der Waals surface area contributed by atoms with E-state index >= 15 is 0 Å². The first-order chi connectivity index (χ1) is 9.73. The SMILES string of the molecule is CN(C)CCCN1C(=O)CC2(CCC(C)(C)CC2)CC1=O. The van der Waals surface area contributed by atoms with Gasteiger partial charge in [0.1, 0.15) is 0 Å². The molecular weight excluding hydrogens is 264 g/mol. The lowest BCUT2D eigenvalue weighted by Crippen LogP contribution is -2.50. The first kappa shape index (κ1) is 16.5. The Morgan fingerprint density at radius 2 is 1.52 bits per heavy atom. The summed E-state index contributed by atoms with van der Waals surface area (Å²) in [6, 6.07) is 0. The fraction of sp³-hybridized carbons (Fsp3) is 0.882. The second-order valence-corrected chi connectivity index (χ2v) is 8.11. The number of likely N-dealkylation sites (tertiary alicyclic amines) is 1. The minimum Gasteiger partial charge on any atom is -0.309 e. The second kappa shape index (κ2) is 6.07. The fourth-order valence-electron chi connectivity index (χ4n) is 3.64. The van der Waals surface area contributed by atoms with Crippen LogP contribution in [0.3, 0.4) is 0 Å². The van der Waals surface area contributed by atoms with Crippen molar-refractivity contribution in [3.63, 3.8) is 0 Å². The minimum absolute atomic E-state index is 0.0261. The first-order valence-electron chi connectivity index (χ1n) is 8.21. The third kappa shape index (κ3) is 4.06. The molecule has 0 aromatic carbocycles. The van der Waals surface area contributed by atoms with Gasteiger partial charge in [0.15, 0.2) is 0 Å². The van der Waals surface area contributed by atoms with Gasteiger partial charge in [-0.2, -0.15) is 0 Å². The van der Waals surface area contributed by atoms with Crippen LogP contribution in [0, 0.1) is 10.8 Å². The Morgan fingerprint density at radius 3 is 2.00 bits per heavy atom. The Balaban J connectivity index is 1.93. The zero-order chi connectivity index (χ0) is 15.7. The smallest absolute Gasteiger partial charge is 0.229 e. The minimum atomic E-state index is -0.0261. The first-order valence-corrected chi connectivity index (χ1v) is 8.21. The van der Waals surface area contributed by atoms with Crippen molar-refractivity contribution in [3.8, 4) is 0 Å². The van der Waals surface area contributed by atoms with Crippen LogP contribution < -0.4 is 0 Å². The van der Waals surface area contributed by atoms with Crippen LogP contribution in [0.2, 0.25) is 0 Å². The monoisotopic (exact) mass is 294 g/mol. The van der Waals surface area contributed by atoms with Gasteiger partial charge in [0.05, 0.1) is 0 Å². The molecule has 0 bridgehead atoms. The van der Waals surface area contributed by atoms with Gasteiger partial charge < -0.3 is 4.90 Å². The van der Waals surface area contributed by atoms with Gasteiger partial charge in [0.2, 0.25) is 11.8 Å². The molecule has 1 aliphatic carbocycles. The van der Waals surface area contributed by atoms with Crippen LogP contribution in [0.1, 0.15) is 58.8 Å². The van der Waals surface area contributed by atoms with Crippen molar-refractivity contribution in [2.45, 2.75) is 58.8 Å². The van der Waals surface area contributed by atoms with E-state index in [1.807, 2.05) is 14.1 Å². The fourth-order valence-corrected chi connectivity index (χ4v) is 3.64. The van der Waals surface area contributed by atoms with E-state index in [9.17, 15) is 9.59 Å². The quantitative estimate of drug-likeness (QED) is 0.749. The highest BCUT2D eigenvalue weighted by molar-refractivity contribution is 5.98. The Hall–Kier alpha value is -0.900. The molecule has 4 heteroatoms. The average Bonchev–Trinajstić information content (AvgIpc) is 2.37. The van der Waals surface area contributed by atoms with Crippen molar-refractivity contribution in [3.05, 3.63) is 0 Å². The van der Waals surface area contributed by atoms with Gasteiger partial charge >= 0.3 is 0 Å². The average molecular weight is 294 g/mol. The lowest BCUT2D eigenvalue weighted by molar-refractivity contribution is -0.155. The molecule has 0 unspecified atom stereocenters. The summed E-state index contributed by atoms with van der Waals surface area (Å²) in [5.74, 6) is 0.120. The molecular formula is C17H30N2O2. The molecule has 2 fully saturated rings. The van der Waals surface area contributed by atoms with Gasteiger partial charge in [-0.1, -0.05) is 13.8 Å². The molecule has 1 saturated heterocycles. The van der Waals surface area contributed by atoms with E-state index in [2.05, 4.69) is 18.7 Å². The maximum Gasteiger partial charge on any atom is 0.229 e. The zero-order valence-corrected chi connectivity index (χ0v) is 14.1. The van der Waals surface area contributed by atoms with Crippen molar-refractivity contribution in [1.29, 1.82) is 0 Å². The molecule has 0 atom stereocenters. The largest absolute Gasteiger partial charge is 0.309 e. The standard InChI is InChI=1S/C17H30N2O2/c1-16(2)6-8-17(9-7-16)12-14(20)19(15(21)13-17)11-5-10-18(3)4/h5-13H2,1-4H3. The number of imide groups is 1. The number of hydrogen-bond donors (Lipinski definition) is 0. The van der Waals surface area contributed by atoms with Crippen LogP contribution in [0.25, 0.3) is 0 Å². The van der Waals surface area contributed by atoms with E-state index < -0.39 is 0 Å². The van der Waals surface area contributed by atoms with Crippen molar-refractivity contribution in [2.24, 2.45) is 10.8 Å². The van der Waals surface area contributed by atoms with E-state index in [0.717, 1.165) is 38.6 Å². The molecule has 21 heavy (non-hydrogen) atoms. The maximum absolute atomic E-state index is 12.4. The number of rotatable bonds is 4. The zero-order valence-electron chi connectivity index (χ0n) is 14.1. The van der Waals surface area contributed by atoms with E-state index in [-0.39, 0.29) is 17.2 Å².